The van der Waals surface area contributed by atoms with Crippen LogP contribution in [-0.4, -0.2) is 36.6 Å². The van der Waals surface area contributed by atoms with Crippen molar-refractivity contribution in [2.75, 3.05) is 19.6 Å². The van der Waals surface area contributed by atoms with Crippen molar-refractivity contribution in [3.8, 4) is 0 Å². The largest absolute Gasteiger partial charge is 0.397 e. The van der Waals surface area contributed by atoms with Gasteiger partial charge in [0.1, 0.15) is 6.42 Å². The van der Waals surface area contributed by atoms with E-state index < -0.39 is 18.5 Å². The van der Waals surface area contributed by atoms with Crippen LogP contribution in [0.4, 0.5) is 13.2 Å². The third-order valence-electron chi connectivity index (χ3n) is 4.40. The molecule has 0 spiro atoms. The van der Waals surface area contributed by atoms with Crippen LogP contribution in [-0.2, 0) is 4.79 Å². The number of carbonyl (C=O) groups excluding carboxylic acids is 1. The Labute approximate surface area is 117 Å². The SMILES string of the molecule is [C-]#[N+]CC1(C(C)(C)C)CCN(C(=O)CC(F)(F)F)CC1. The van der Waals surface area contributed by atoms with E-state index in [1.165, 1.54) is 4.90 Å². The number of amides is 1. The molecular weight excluding hydrogens is 269 g/mol. The first-order valence-corrected chi connectivity index (χ1v) is 6.68. The minimum atomic E-state index is -4.45. The van der Waals surface area contributed by atoms with Crippen LogP contribution in [0.2, 0.25) is 0 Å². The van der Waals surface area contributed by atoms with E-state index in [1.807, 2.05) is 20.8 Å². The van der Waals surface area contributed by atoms with E-state index in [9.17, 15) is 18.0 Å². The quantitative estimate of drug-likeness (QED) is 0.714. The van der Waals surface area contributed by atoms with E-state index in [2.05, 4.69) is 4.85 Å². The highest BCUT2D eigenvalue weighted by atomic mass is 19.4. The lowest BCUT2D eigenvalue weighted by atomic mass is 9.61. The summed E-state index contributed by atoms with van der Waals surface area (Å²) in [6.45, 7) is 14.2. The maximum atomic E-state index is 12.2. The van der Waals surface area contributed by atoms with Gasteiger partial charge in [-0.1, -0.05) is 20.8 Å². The van der Waals surface area contributed by atoms with E-state index in [0.29, 0.717) is 32.5 Å². The lowest BCUT2D eigenvalue weighted by molar-refractivity contribution is -0.163. The number of nitrogens with zero attached hydrogens (tertiary/aromatic N) is 2. The molecule has 20 heavy (non-hydrogen) atoms. The van der Waals surface area contributed by atoms with Crippen LogP contribution in [0.3, 0.4) is 0 Å². The number of hydrogen-bond acceptors (Lipinski definition) is 1. The van der Waals surface area contributed by atoms with E-state index in [1.54, 1.807) is 0 Å². The summed E-state index contributed by atoms with van der Waals surface area (Å²) in [6.07, 6.45) is -4.67. The Bertz CT molecular complexity index is 396. The van der Waals surface area contributed by atoms with Gasteiger partial charge in [0.05, 0.1) is 5.41 Å². The topological polar surface area (TPSA) is 24.7 Å². The number of alkyl halides is 3. The van der Waals surface area contributed by atoms with E-state index in [4.69, 9.17) is 6.57 Å². The highest BCUT2D eigenvalue weighted by Gasteiger charge is 2.48. The highest BCUT2D eigenvalue weighted by molar-refractivity contribution is 5.76. The lowest BCUT2D eigenvalue weighted by Gasteiger charge is -2.46. The molecule has 0 N–H and O–H groups in total. The van der Waals surface area contributed by atoms with Crippen molar-refractivity contribution in [1.82, 2.24) is 4.90 Å². The summed E-state index contributed by atoms with van der Waals surface area (Å²) < 4.78 is 36.7. The molecule has 0 aromatic heterocycles. The molecule has 1 rings (SSSR count). The van der Waals surface area contributed by atoms with Gasteiger partial charge in [-0.2, -0.15) is 13.2 Å². The zero-order valence-corrected chi connectivity index (χ0v) is 12.2. The maximum Gasteiger partial charge on any atom is 0.397 e. The highest BCUT2D eigenvalue weighted by Crippen LogP contribution is 2.47. The van der Waals surface area contributed by atoms with Crippen molar-refractivity contribution in [2.24, 2.45) is 10.8 Å². The van der Waals surface area contributed by atoms with Crippen molar-refractivity contribution in [3.63, 3.8) is 0 Å². The number of halogens is 3. The molecule has 0 aromatic carbocycles. The Balaban J connectivity index is 2.71. The Kier molecular flexibility index (Phi) is 4.73. The van der Waals surface area contributed by atoms with Crippen molar-refractivity contribution < 1.29 is 18.0 Å². The first-order chi connectivity index (χ1) is 9.01. The average molecular weight is 290 g/mol. The fourth-order valence-electron chi connectivity index (χ4n) is 2.76. The van der Waals surface area contributed by atoms with Crippen molar-refractivity contribution >= 4 is 5.91 Å². The third kappa shape index (κ3) is 3.87. The zero-order chi connectivity index (χ0) is 15.6. The van der Waals surface area contributed by atoms with Gasteiger partial charge in [0.2, 0.25) is 12.5 Å². The molecule has 1 heterocycles. The van der Waals surface area contributed by atoms with Crippen LogP contribution in [0.25, 0.3) is 4.85 Å². The molecule has 0 radical (unpaired) electrons. The molecule has 0 unspecified atom stereocenters. The molecule has 0 aromatic rings. The van der Waals surface area contributed by atoms with Crippen LogP contribution in [0.15, 0.2) is 0 Å². The number of rotatable bonds is 2. The first-order valence-electron chi connectivity index (χ1n) is 6.68. The summed E-state index contributed by atoms with van der Waals surface area (Å²) in [7, 11) is 0. The second kappa shape index (κ2) is 5.63. The Morgan fingerprint density at radius 2 is 1.75 bits per heavy atom. The van der Waals surface area contributed by atoms with Crippen LogP contribution in [0.5, 0.6) is 0 Å². The Hall–Kier alpha value is -1.25. The van der Waals surface area contributed by atoms with Gasteiger partial charge >= 0.3 is 6.18 Å². The summed E-state index contributed by atoms with van der Waals surface area (Å²) in [4.78, 5) is 16.4. The average Bonchev–Trinajstić information content (AvgIpc) is 2.26. The second-order valence-corrected chi connectivity index (χ2v) is 6.52. The smallest absolute Gasteiger partial charge is 0.342 e. The van der Waals surface area contributed by atoms with E-state index in [0.717, 1.165) is 0 Å². The summed E-state index contributed by atoms with van der Waals surface area (Å²) in [5.74, 6) is -0.858. The molecule has 0 bridgehead atoms. The molecule has 1 aliphatic rings. The molecule has 0 aliphatic carbocycles. The van der Waals surface area contributed by atoms with Gasteiger partial charge in [-0.25, -0.2) is 6.57 Å². The van der Waals surface area contributed by atoms with Gasteiger partial charge in [0, 0.05) is 13.1 Å². The lowest BCUT2D eigenvalue weighted by Crippen LogP contribution is -2.50. The van der Waals surface area contributed by atoms with Gasteiger partial charge in [-0.05, 0) is 18.3 Å². The van der Waals surface area contributed by atoms with Crippen molar-refractivity contribution in [1.29, 1.82) is 0 Å². The number of piperidine rings is 1. The predicted molar refractivity (Wildman–Crippen MR) is 69.8 cm³/mol. The summed E-state index contributed by atoms with van der Waals surface area (Å²) in [5, 5.41) is 0. The van der Waals surface area contributed by atoms with Gasteiger partial charge in [-0.3, -0.25) is 4.79 Å². The monoisotopic (exact) mass is 290 g/mol. The number of carbonyl (C=O) groups is 1. The Morgan fingerprint density at radius 1 is 1.25 bits per heavy atom. The zero-order valence-electron chi connectivity index (χ0n) is 12.2. The molecule has 114 valence electrons. The van der Waals surface area contributed by atoms with Gasteiger partial charge < -0.3 is 9.74 Å². The summed E-state index contributed by atoms with van der Waals surface area (Å²) >= 11 is 0. The number of likely N-dealkylation sites (tertiary alicyclic amines) is 1. The van der Waals surface area contributed by atoms with Crippen LogP contribution in [0, 0.1) is 17.4 Å². The predicted octanol–water partition coefficient (Wildman–Crippen LogP) is 3.51. The molecule has 1 amide bonds. The Morgan fingerprint density at radius 3 is 2.10 bits per heavy atom. The fourth-order valence-corrected chi connectivity index (χ4v) is 2.76. The molecule has 1 aliphatic heterocycles. The normalized spacial score (nSPS) is 19.6. The molecule has 0 saturated carbocycles. The van der Waals surface area contributed by atoms with Crippen LogP contribution in [0.1, 0.15) is 40.0 Å². The first kappa shape index (κ1) is 16.8. The second-order valence-electron chi connectivity index (χ2n) is 6.52. The molecule has 3 nitrogen and oxygen atoms in total. The molecule has 0 atom stereocenters. The van der Waals surface area contributed by atoms with Crippen molar-refractivity contribution in [3.05, 3.63) is 11.4 Å². The minimum absolute atomic E-state index is 0.100. The molecular formula is C14H21F3N2O. The molecule has 1 fully saturated rings. The van der Waals surface area contributed by atoms with E-state index >= 15 is 0 Å². The van der Waals surface area contributed by atoms with Crippen LogP contribution >= 0.6 is 0 Å². The maximum absolute atomic E-state index is 12.2. The molecule has 6 heteroatoms. The van der Waals surface area contributed by atoms with Crippen molar-refractivity contribution in [2.45, 2.75) is 46.2 Å². The summed E-state index contributed by atoms with van der Waals surface area (Å²) in [6, 6.07) is 0. The molecule has 1 saturated heterocycles. The van der Waals surface area contributed by atoms with Gasteiger partial charge in [0.25, 0.3) is 0 Å². The minimum Gasteiger partial charge on any atom is -0.342 e. The van der Waals surface area contributed by atoms with E-state index in [-0.39, 0.29) is 10.8 Å². The standard InChI is InChI=1S/C14H21F3N2O/c1-12(2,3)13(10-18-4)5-7-19(8-6-13)11(20)9-14(15,16)17/h5-10H2,1-3H3. The number of hydrogen-bond donors (Lipinski definition) is 0. The van der Waals surface area contributed by atoms with Crippen LogP contribution < -0.4 is 0 Å². The van der Waals surface area contributed by atoms with Gasteiger partial charge in [-0.15, -0.1) is 0 Å². The third-order valence-corrected chi connectivity index (χ3v) is 4.40. The fraction of sp³-hybridized carbons (Fsp3) is 0.857. The summed E-state index contributed by atoms with van der Waals surface area (Å²) in [5.41, 5.74) is -0.319. The van der Waals surface area contributed by atoms with Gasteiger partial charge in [0.15, 0.2) is 0 Å².